The van der Waals surface area contributed by atoms with Gasteiger partial charge in [-0.15, -0.1) is 0 Å². The minimum atomic E-state index is -0.192. The highest BCUT2D eigenvalue weighted by Crippen LogP contribution is 2.16. The molecule has 19 heavy (non-hydrogen) atoms. The smallest absolute Gasteiger partial charge is 0.237 e. The van der Waals surface area contributed by atoms with Crippen molar-refractivity contribution in [2.45, 2.75) is 44.8 Å². The van der Waals surface area contributed by atoms with Gasteiger partial charge < -0.3 is 10.6 Å². The first-order valence-corrected chi connectivity index (χ1v) is 6.72. The minimum absolute atomic E-state index is 0.00315. The van der Waals surface area contributed by atoms with Crippen molar-refractivity contribution in [2.24, 2.45) is 0 Å². The van der Waals surface area contributed by atoms with Gasteiger partial charge in [0.1, 0.15) is 0 Å². The molecule has 2 N–H and O–H groups in total. The molecule has 2 rings (SSSR count). The second-order valence-electron chi connectivity index (χ2n) is 4.88. The molecule has 1 unspecified atom stereocenters. The number of carbonyl (C=O) groups is 1. The van der Waals surface area contributed by atoms with Gasteiger partial charge >= 0.3 is 0 Å². The number of nitrogens with zero attached hydrogens (tertiary/aromatic N) is 1. The van der Waals surface area contributed by atoms with Gasteiger partial charge in [0.2, 0.25) is 5.91 Å². The quantitative estimate of drug-likeness (QED) is 0.859. The van der Waals surface area contributed by atoms with E-state index in [1.165, 1.54) is 11.1 Å². The van der Waals surface area contributed by atoms with Crippen LogP contribution in [-0.2, 0) is 17.8 Å². The van der Waals surface area contributed by atoms with Gasteiger partial charge in [0.15, 0.2) is 0 Å². The molecule has 100 valence electrons. The van der Waals surface area contributed by atoms with E-state index in [2.05, 4.69) is 28.8 Å². The van der Waals surface area contributed by atoms with Gasteiger partial charge in [-0.25, -0.2) is 0 Å². The van der Waals surface area contributed by atoms with Gasteiger partial charge in [-0.2, -0.15) is 5.26 Å². The number of carbonyl (C=O) groups excluding carboxylic acids is 1. The van der Waals surface area contributed by atoms with Gasteiger partial charge in [-0.3, -0.25) is 4.79 Å². The van der Waals surface area contributed by atoms with Crippen LogP contribution in [0.15, 0.2) is 24.3 Å². The van der Waals surface area contributed by atoms with Crippen molar-refractivity contribution in [1.29, 1.82) is 5.26 Å². The molecule has 0 fully saturated rings. The maximum Gasteiger partial charge on any atom is 0.237 e. The molecular formula is C15H19N3O. The Kier molecular flexibility index (Phi) is 4.53. The summed E-state index contributed by atoms with van der Waals surface area (Å²) in [6.07, 6.45) is 1.86. The van der Waals surface area contributed by atoms with Crippen molar-refractivity contribution in [2.75, 3.05) is 0 Å². The van der Waals surface area contributed by atoms with E-state index in [1.54, 1.807) is 0 Å². The summed E-state index contributed by atoms with van der Waals surface area (Å²) in [6.45, 7) is 2.70. The Morgan fingerprint density at radius 3 is 2.95 bits per heavy atom. The summed E-state index contributed by atoms with van der Waals surface area (Å²) in [5.41, 5.74) is 2.49. The highest BCUT2D eigenvalue weighted by atomic mass is 16.2. The number of hydrogen-bond acceptors (Lipinski definition) is 3. The molecule has 1 heterocycles. The highest BCUT2D eigenvalue weighted by Gasteiger charge is 2.25. The van der Waals surface area contributed by atoms with E-state index < -0.39 is 0 Å². The van der Waals surface area contributed by atoms with Gasteiger partial charge in [0, 0.05) is 12.6 Å². The van der Waals surface area contributed by atoms with Crippen molar-refractivity contribution < 1.29 is 4.79 Å². The largest absolute Gasteiger partial charge is 0.351 e. The molecule has 4 heteroatoms. The second kappa shape index (κ2) is 6.35. The zero-order valence-electron chi connectivity index (χ0n) is 11.1. The molecule has 1 aliphatic heterocycles. The van der Waals surface area contributed by atoms with Crippen LogP contribution in [0.5, 0.6) is 0 Å². The molecule has 1 amide bonds. The number of benzene rings is 1. The summed E-state index contributed by atoms with van der Waals surface area (Å²) < 4.78 is 0. The van der Waals surface area contributed by atoms with Crippen molar-refractivity contribution in [3.63, 3.8) is 0 Å². The zero-order chi connectivity index (χ0) is 13.7. The third kappa shape index (κ3) is 3.33. The summed E-state index contributed by atoms with van der Waals surface area (Å²) in [5, 5.41) is 14.9. The fourth-order valence-electron chi connectivity index (χ4n) is 2.35. The van der Waals surface area contributed by atoms with E-state index in [4.69, 9.17) is 5.26 Å². The van der Waals surface area contributed by atoms with Crippen LogP contribution in [0.25, 0.3) is 0 Å². The SMILES string of the molecule is CCC(CC#N)NC(=O)[C@H]1Cc2ccccc2CN1. The Morgan fingerprint density at radius 1 is 1.53 bits per heavy atom. The molecule has 0 saturated carbocycles. The van der Waals surface area contributed by atoms with Gasteiger partial charge in [-0.05, 0) is 24.0 Å². The van der Waals surface area contributed by atoms with Crippen LogP contribution in [0.4, 0.5) is 0 Å². The third-order valence-electron chi connectivity index (χ3n) is 3.57. The summed E-state index contributed by atoms with van der Waals surface area (Å²) >= 11 is 0. The average Bonchev–Trinajstić information content (AvgIpc) is 2.46. The fourth-order valence-corrected chi connectivity index (χ4v) is 2.35. The Hall–Kier alpha value is -1.86. The highest BCUT2D eigenvalue weighted by molar-refractivity contribution is 5.82. The summed E-state index contributed by atoms with van der Waals surface area (Å²) in [4.78, 5) is 12.2. The molecule has 0 radical (unpaired) electrons. The standard InChI is InChI=1S/C15H19N3O/c1-2-13(7-8-16)18-15(19)14-9-11-5-3-4-6-12(11)10-17-14/h3-6,13-14,17H,2,7,9-10H2,1H3,(H,18,19)/t13?,14-/m1/s1. The lowest BCUT2D eigenvalue weighted by Gasteiger charge is -2.26. The number of rotatable bonds is 4. The molecule has 0 aliphatic carbocycles. The second-order valence-corrected chi connectivity index (χ2v) is 4.88. The molecule has 1 aromatic carbocycles. The van der Waals surface area contributed by atoms with Crippen LogP contribution in [0.2, 0.25) is 0 Å². The molecule has 1 aromatic rings. The Labute approximate surface area is 113 Å². The topological polar surface area (TPSA) is 64.9 Å². The number of nitriles is 1. The molecule has 2 atom stereocenters. The van der Waals surface area contributed by atoms with Crippen molar-refractivity contribution in [1.82, 2.24) is 10.6 Å². The number of hydrogen-bond donors (Lipinski definition) is 2. The number of nitrogens with one attached hydrogen (secondary N) is 2. The molecule has 0 bridgehead atoms. The predicted molar refractivity (Wildman–Crippen MR) is 73.2 cm³/mol. The minimum Gasteiger partial charge on any atom is -0.351 e. The third-order valence-corrected chi connectivity index (χ3v) is 3.57. The number of fused-ring (bicyclic) bond motifs is 1. The van der Waals surface area contributed by atoms with E-state index in [1.807, 2.05) is 19.1 Å². The lowest BCUT2D eigenvalue weighted by molar-refractivity contribution is -0.124. The average molecular weight is 257 g/mol. The van der Waals surface area contributed by atoms with E-state index in [9.17, 15) is 4.79 Å². The van der Waals surface area contributed by atoms with E-state index in [-0.39, 0.29) is 18.0 Å². The Bertz CT molecular complexity index is 492. The summed E-state index contributed by atoms with van der Waals surface area (Å²) in [5.74, 6) is -0.00315. The van der Waals surface area contributed by atoms with E-state index >= 15 is 0 Å². The van der Waals surface area contributed by atoms with Crippen LogP contribution >= 0.6 is 0 Å². The zero-order valence-corrected chi connectivity index (χ0v) is 11.1. The first-order valence-electron chi connectivity index (χ1n) is 6.72. The van der Waals surface area contributed by atoms with E-state index in [0.717, 1.165) is 13.0 Å². The molecule has 1 aliphatic rings. The van der Waals surface area contributed by atoms with Gasteiger partial charge in [-0.1, -0.05) is 31.2 Å². The lowest BCUT2D eigenvalue weighted by Crippen LogP contribution is -2.50. The van der Waals surface area contributed by atoms with Crippen LogP contribution in [0.1, 0.15) is 30.9 Å². The molecular weight excluding hydrogens is 238 g/mol. The summed E-state index contributed by atoms with van der Waals surface area (Å²) in [7, 11) is 0. The van der Waals surface area contributed by atoms with Crippen molar-refractivity contribution >= 4 is 5.91 Å². The first kappa shape index (κ1) is 13.6. The number of amides is 1. The maximum atomic E-state index is 12.2. The van der Waals surface area contributed by atoms with Gasteiger partial charge in [0.25, 0.3) is 0 Å². The van der Waals surface area contributed by atoms with Crippen LogP contribution < -0.4 is 10.6 Å². The molecule has 0 saturated heterocycles. The molecule has 4 nitrogen and oxygen atoms in total. The van der Waals surface area contributed by atoms with Gasteiger partial charge in [0.05, 0.1) is 18.5 Å². The van der Waals surface area contributed by atoms with Crippen molar-refractivity contribution in [3.8, 4) is 6.07 Å². The van der Waals surface area contributed by atoms with Crippen LogP contribution in [-0.4, -0.2) is 18.0 Å². The molecule has 0 spiro atoms. The van der Waals surface area contributed by atoms with Crippen LogP contribution in [0.3, 0.4) is 0 Å². The normalized spacial score (nSPS) is 19.1. The Morgan fingerprint density at radius 2 is 2.26 bits per heavy atom. The van der Waals surface area contributed by atoms with Crippen LogP contribution in [0, 0.1) is 11.3 Å². The van der Waals surface area contributed by atoms with Crippen molar-refractivity contribution in [3.05, 3.63) is 35.4 Å². The predicted octanol–water partition coefficient (Wildman–Crippen LogP) is 1.51. The summed E-state index contributed by atoms with van der Waals surface area (Å²) in [6, 6.07) is 10.0. The Balaban J connectivity index is 1.97. The fraction of sp³-hybridized carbons (Fsp3) is 0.467. The maximum absolute atomic E-state index is 12.2. The first-order chi connectivity index (χ1) is 9.24. The van der Waals surface area contributed by atoms with E-state index in [0.29, 0.717) is 12.8 Å². The molecule has 0 aromatic heterocycles. The lowest BCUT2D eigenvalue weighted by atomic mass is 9.95. The monoisotopic (exact) mass is 257 g/mol.